The molecule has 1 aliphatic rings. The number of carbonyl (C=O) groups is 1. The second-order valence-electron chi connectivity index (χ2n) is 6.17. The van der Waals surface area contributed by atoms with Crippen LogP contribution in [0.3, 0.4) is 0 Å². The van der Waals surface area contributed by atoms with Crippen LogP contribution in [0.2, 0.25) is 0 Å². The molecule has 0 bridgehead atoms. The van der Waals surface area contributed by atoms with Crippen LogP contribution in [-0.4, -0.2) is 22.7 Å². The molecule has 3 rings (SSSR count). The van der Waals surface area contributed by atoms with Gasteiger partial charge in [-0.3, -0.25) is 10.1 Å². The fourth-order valence-electron chi connectivity index (χ4n) is 2.32. The fourth-order valence-corrected chi connectivity index (χ4v) is 3.23. The molecule has 0 saturated heterocycles. The number of unbranched alkanes of at least 4 members (excludes halogenated alkanes) is 2. The number of hydrogen-bond acceptors (Lipinski definition) is 5. The summed E-state index contributed by atoms with van der Waals surface area (Å²) in [7, 11) is 0. The minimum atomic E-state index is -0.196. The van der Waals surface area contributed by atoms with E-state index in [2.05, 4.69) is 22.4 Å². The maximum absolute atomic E-state index is 12.0. The third-order valence-corrected chi connectivity index (χ3v) is 4.92. The highest BCUT2D eigenvalue weighted by atomic mass is 32.1. The van der Waals surface area contributed by atoms with Crippen LogP contribution in [0, 0.1) is 0 Å². The molecule has 5 nitrogen and oxygen atoms in total. The van der Waals surface area contributed by atoms with E-state index in [0.717, 1.165) is 29.3 Å². The molecule has 1 aromatic heterocycles. The second-order valence-corrected chi connectivity index (χ2v) is 7.18. The zero-order chi connectivity index (χ0) is 17.5. The van der Waals surface area contributed by atoms with Crippen molar-refractivity contribution < 1.29 is 9.53 Å². The number of nitrogens with zero attached hydrogens (tertiary/aromatic N) is 2. The van der Waals surface area contributed by atoms with Crippen molar-refractivity contribution in [2.75, 3.05) is 11.9 Å². The first-order chi connectivity index (χ1) is 12.2. The highest BCUT2D eigenvalue weighted by Gasteiger charge is 2.27. The summed E-state index contributed by atoms with van der Waals surface area (Å²) in [5, 5.41) is 12.5. The molecule has 1 fully saturated rings. The van der Waals surface area contributed by atoms with Crippen LogP contribution < -0.4 is 10.1 Å². The molecule has 1 saturated carbocycles. The Morgan fingerprint density at radius 2 is 2.08 bits per heavy atom. The lowest BCUT2D eigenvalue weighted by molar-refractivity contribution is -0.111. The van der Waals surface area contributed by atoms with Gasteiger partial charge in [0.25, 0.3) is 0 Å². The Bertz CT molecular complexity index is 721. The Balaban J connectivity index is 1.46. The number of nitrogens with one attached hydrogen (secondary N) is 1. The number of ether oxygens (including phenoxy) is 1. The first-order valence-electron chi connectivity index (χ1n) is 8.80. The number of carbonyl (C=O) groups excluding carboxylic acids is 1. The normalized spacial score (nSPS) is 14.0. The van der Waals surface area contributed by atoms with Gasteiger partial charge in [0.05, 0.1) is 6.61 Å². The number of aromatic nitrogens is 2. The van der Waals surface area contributed by atoms with Crippen molar-refractivity contribution in [3.05, 3.63) is 40.9 Å². The molecule has 132 valence electrons. The number of rotatable bonds is 9. The Morgan fingerprint density at radius 3 is 2.80 bits per heavy atom. The highest BCUT2D eigenvalue weighted by Crippen LogP contribution is 2.42. The van der Waals surface area contributed by atoms with Crippen LogP contribution in [0.1, 0.15) is 55.5 Å². The van der Waals surface area contributed by atoms with E-state index in [9.17, 15) is 4.79 Å². The van der Waals surface area contributed by atoms with Gasteiger partial charge in [-0.25, -0.2) is 0 Å². The van der Waals surface area contributed by atoms with Gasteiger partial charge in [0.15, 0.2) is 0 Å². The molecule has 1 heterocycles. The van der Waals surface area contributed by atoms with Gasteiger partial charge in [0, 0.05) is 12.0 Å². The summed E-state index contributed by atoms with van der Waals surface area (Å²) in [5.74, 6) is 1.22. The van der Waals surface area contributed by atoms with Crippen LogP contribution >= 0.6 is 11.3 Å². The van der Waals surface area contributed by atoms with E-state index in [-0.39, 0.29) is 5.91 Å². The van der Waals surface area contributed by atoms with Gasteiger partial charge in [-0.2, -0.15) is 0 Å². The SMILES string of the molecule is CCCCCOc1ccc(/C=C/C(=O)Nc2nnc(C3CC3)s2)cc1. The van der Waals surface area contributed by atoms with Gasteiger partial charge in [-0.15, -0.1) is 10.2 Å². The van der Waals surface area contributed by atoms with Gasteiger partial charge in [0.1, 0.15) is 10.8 Å². The Hall–Kier alpha value is -2.21. The monoisotopic (exact) mass is 357 g/mol. The first kappa shape index (κ1) is 17.6. The van der Waals surface area contributed by atoms with Gasteiger partial charge in [-0.05, 0) is 43.0 Å². The molecule has 0 atom stereocenters. The Kier molecular flexibility index (Phi) is 6.17. The van der Waals surface area contributed by atoms with E-state index in [1.807, 2.05) is 24.3 Å². The minimum absolute atomic E-state index is 0.196. The molecule has 2 aromatic rings. The van der Waals surface area contributed by atoms with Crippen molar-refractivity contribution in [3.8, 4) is 5.75 Å². The molecule has 0 unspecified atom stereocenters. The zero-order valence-corrected chi connectivity index (χ0v) is 15.2. The van der Waals surface area contributed by atoms with Crippen molar-refractivity contribution in [1.29, 1.82) is 0 Å². The van der Waals surface area contributed by atoms with Crippen molar-refractivity contribution >= 4 is 28.5 Å². The van der Waals surface area contributed by atoms with Crippen molar-refractivity contribution in [2.24, 2.45) is 0 Å². The largest absolute Gasteiger partial charge is 0.494 e. The van der Waals surface area contributed by atoms with Crippen molar-refractivity contribution in [2.45, 2.75) is 44.9 Å². The Labute approximate surface area is 152 Å². The summed E-state index contributed by atoms with van der Waals surface area (Å²) in [5.41, 5.74) is 0.951. The average Bonchev–Trinajstić information content (AvgIpc) is 3.38. The molecule has 6 heteroatoms. The summed E-state index contributed by atoms with van der Waals surface area (Å²) < 4.78 is 5.68. The topological polar surface area (TPSA) is 64.1 Å². The zero-order valence-electron chi connectivity index (χ0n) is 14.4. The van der Waals surface area contributed by atoms with Gasteiger partial charge >= 0.3 is 0 Å². The molecule has 1 amide bonds. The molecule has 25 heavy (non-hydrogen) atoms. The van der Waals surface area contributed by atoms with E-state index < -0.39 is 0 Å². The van der Waals surface area contributed by atoms with Gasteiger partial charge < -0.3 is 4.74 Å². The molecule has 0 aliphatic heterocycles. The smallest absolute Gasteiger partial charge is 0.250 e. The second kappa shape index (κ2) is 8.76. The quantitative estimate of drug-likeness (QED) is 0.525. The summed E-state index contributed by atoms with van der Waals surface area (Å²) in [6.45, 7) is 2.92. The lowest BCUT2D eigenvalue weighted by atomic mass is 10.2. The van der Waals surface area contributed by atoms with E-state index in [1.54, 1.807) is 6.08 Å². The number of amides is 1. The molecule has 0 radical (unpaired) electrons. The van der Waals surface area contributed by atoms with Gasteiger partial charge in [-0.1, -0.05) is 43.2 Å². The lowest BCUT2D eigenvalue weighted by Crippen LogP contribution is -2.07. The maximum Gasteiger partial charge on any atom is 0.250 e. The predicted molar refractivity (Wildman–Crippen MR) is 101 cm³/mol. The van der Waals surface area contributed by atoms with Crippen LogP contribution in [-0.2, 0) is 4.79 Å². The summed E-state index contributed by atoms with van der Waals surface area (Å²) in [4.78, 5) is 12.0. The van der Waals surface area contributed by atoms with Crippen molar-refractivity contribution in [3.63, 3.8) is 0 Å². The summed E-state index contributed by atoms with van der Waals surface area (Å²) in [6, 6.07) is 7.73. The van der Waals surface area contributed by atoms with Crippen LogP contribution in [0.25, 0.3) is 6.08 Å². The minimum Gasteiger partial charge on any atom is -0.494 e. The van der Waals surface area contributed by atoms with E-state index >= 15 is 0 Å². The first-order valence-corrected chi connectivity index (χ1v) is 9.61. The third-order valence-electron chi connectivity index (χ3n) is 3.92. The van der Waals surface area contributed by atoms with E-state index in [1.165, 1.54) is 43.1 Å². The van der Waals surface area contributed by atoms with Crippen LogP contribution in [0.5, 0.6) is 5.75 Å². The molecule has 1 aliphatic carbocycles. The maximum atomic E-state index is 12.0. The lowest BCUT2D eigenvalue weighted by Gasteiger charge is -2.05. The number of anilines is 1. The summed E-state index contributed by atoms with van der Waals surface area (Å²) >= 11 is 1.46. The van der Waals surface area contributed by atoms with Gasteiger partial charge in [0.2, 0.25) is 11.0 Å². The Morgan fingerprint density at radius 1 is 1.28 bits per heavy atom. The number of hydrogen-bond donors (Lipinski definition) is 1. The predicted octanol–water partition coefficient (Wildman–Crippen LogP) is 4.64. The van der Waals surface area contributed by atoms with Crippen molar-refractivity contribution in [1.82, 2.24) is 10.2 Å². The molecule has 1 N–H and O–H groups in total. The number of benzene rings is 1. The standard InChI is InChI=1S/C19H23N3O2S/c1-2-3-4-13-24-16-10-5-14(6-11-16)7-12-17(23)20-19-22-21-18(25-19)15-8-9-15/h5-7,10-12,15H,2-4,8-9,13H2,1H3,(H,20,22,23)/b12-7+. The molecule has 1 aromatic carbocycles. The van der Waals surface area contributed by atoms with Crippen LogP contribution in [0.15, 0.2) is 30.3 Å². The van der Waals surface area contributed by atoms with Crippen LogP contribution in [0.4, 0.5) is 5.13 Å². The molecular formula is C19H23N3O2S. The summed E-state index contributed by atoms with van der Waals surface area (Å²) in [6.07, 6.45) is 9.10. The fraction of sp³-hybridized carbons (Fsp3) is 0.421. The third kappa shape index (κ3) is 5.67. The average molecular weight is 357 g/mol. The molecule has 0 spiro atoms. The van der Waals surface area contributed by atoms with E-state index in [0.29, 0.717) is 11.0 Å². The van der Waals surface area contributed by atoms with E-state index in [4.69, 9.17) is 4.74 Å². The molecular weight excluding hydrogens is 334 g/mol. The highest BCUT2D eigenvalue weighted by molar-refractivity contribution is 7.15.